The van der Waals surface area contributed by atoms with Crippen LogP contribution in [0.5, 0.6) is 0 Å². The normalized spacial score (nSPS) is 14.8. The van der Waals surface area contributed by atoms with E-state index < -0.39 is 23.4 Å². The maximum atomic E-state index is 14.0. The molecule has 5 rings (SSSR count). The van der Waals surface area contributed by atoms with Gasteiger partial charge in [0, 0.05) is 35.1 Å². The smallest absolute Gasteiger partial charge is 0.245 e. The Morgan fingerprint density at radius 2 is 1.95 bits per heavy atom. The first-order valence-electron chi connectivity index (χ1n) is 13.6. The highest BCUT2D eigenvalue weighted by Crippen LogP contribution is 2.39. The van der Waals surface area contributed by atoms with Crippen molar-refractivity contribution in [3.63, 3.8) is 0 Å². The first-order valence-corrected chi connectivity index (χ1v) is 13.6. The number of nitrogens with one attached hydrogen (secondary N) is 2. The maximum Gasteiger partial charge on any atom is 0.245 e. The number of hydrogen-bond acceptors (Lipinski definition) is 9. The van der Waals surface area contributed by atoms with Gasteiger partial charge in [0.2, 0.25) is 11.9 Å². The molecule has 1 fully saturated rings. The number of primary amides is 1. The second-order valence-corrected chi connectivity index (χ2v) is 11.8. The maximum absolute atomic E-state index is 14.0. The Morgan fingerprint density at radius 3 is 2.55 bits per heavy atom. The summed E-state index contributed by atoms with van der Waals surface area (Å²) < 4.78 is 15.5. The molecule has 1 saturated carbocycles. The fourth-order valence-corrected chi connectivity index (χ4v) is 5.14. The molecule has 1 aliphatic rings. The number of nitriles is 2. The van der Waals surface area contributed by atoms with Gasteiger partial charge in [-0.3, -0.25) is 9.78 Å². The summed E-state index contributed by atoms with van der Waals surface area (Å²) in [4.78, 5) is 20.7. The van der Waals surface area contributed by atoms with Crippen molar-refractivity contribution >= 4 is 28.2 Å². The molecule has 1 aliphatic carbocycles. The van der Waals surface area contributed by atoms with Crippen LogP contribution in [0.4, 0.5) is 15.8 Å². The minimum atomic E-state index is -0.935. The fraction of sp³-hybridized carbons (Fsp3) is 0.367. The molecule has 11 nitrogen and oxygen atoms in total. The van der Waals surface area contributed by atoms with Gasteiger partial charge < -0.3 is 16.4 Å². The third kappa shape index (κ3) is 5.19. The summed E-state index contributed by atoms with van der Waals surface area (Å²) in [5.41, 5.74) is 8.44. The van der Waals surface area contributed by atoms with Gasteiger partial charge in [0.1, 0.15) is 23.4 Å². The highest BCUT2D eigenvalue weighted by Gasteiger charge is 2.46. The van der Waals surface area contributed by atoms with E-state index in [0.717, 1.165) is 6.42 Å². The molecule has 0 spiro atoms. The van der Waals surface area contributed by atoms with E-state index in [9.17, 15) is 19.7 Å². The lowest BCUT2D eigenvalue weighted by Crippen LogP contribution is -2.51. The Bertz CT molecular complexity index is 1770. The number of amides is 1. The summed E-state index contributed by atoms with van der Waals surface area (Å²) in [6.45, 7) is 8.49. The number of rotatable bonds is 8. The Hall–Kier alpha value is -5.10. The molecule has 4 aromatic rings. The largest absolute Gasteiger partial charge is 0.383 e. The van der Waals surface area contributed by atoms with E-state index in [1.165, 1.54) is 16.9 Å². The van der Waals surface area contributed by atoms with Gasteiger partial charge in [-0.25, -0.2) is 9.67 Å². The van der Waals surface area contributed by atoms with Crippen molar-refractivity contribution in [2.24, 2.45) is 11.1 Å². The van der Waals surface area contributed by atoms with Crippen LogP contribution in [0.3, 0.4) is 0 Å². The summed E-state index contributed by atoms with van der Waals surface area (Å²) in [6.07, 6.45) is 5.11. The molecule has 3 heterocycles. The predicted octanol–water partition coefficient (Wildman–Crippen LogP) is 4.44. The van der Waals surface area contributed by atoms with Gasteiger partial charge in [0.15, 0.2) is 0 Å². The molecule has 1 unspecified atom stereocenters. The molecule has 12 heteroatoms. The topological polar surface area (TPSA) is 171 Å². The molecular formula is C30H31FN10O. The molecule has 0 saturated heterocycles. The van der Waals surface area contributed by atoms with Crippen LogP contribution in [-0.2, 0) is 10.3 Å². The van der Waals surface area contributed by atoms with Gasteiger partial charge in [-0.2, -0.15) is 14.9 Å². The van der Waals surface area contributed by atoms with E-state index in [1.54, 1.807) is 25.3 Å². The van der Waals surface area contributed by atoms with Crippen molar-refractivity contribution in [3.05, 3.63) is 70.7 Å². The van der Waals surface area contributed by atoms with Crippen LogP contribution < -0.4 is 16.4 Å². The lowest BCUT2D eigenvalue weighted by Gasteiger charge is -2.38. The van der Waals surface area contributed by atoms with Gasteiger partial charge in [-0.15, -0.1) is 5.10 Å². The summed E-state index contributed by atoms with van der Waals surface area (Å²) >= 11 is 0. The Labute approximate surface area is 242 Å². The molecule has 214 valence electrons. The van der Waals surface area contributed by atoms with Gasteiger partial charge in [0.25, 0.3) is 0 Å². The minimum Gasteiger partial charge on any atom is -0.383 e. The van der Waals surface area contributed by atoms with Crippen LogP contribution in [-0.4, -0.2) is 37.4 Å². The van der Waals surface area contributed by atoms with Gasteiger partial charge >= 0.3 is 0 Å². The summed E-state index contributed by atoms with van der Waals surface area (Å²) in [6, 6.07) is 10.1. The highest BCUT2D eigenvalue weighted by atomic mass is 19.1. The number of aromatic nitrogens is 5. The van der Waals surface area contributed by atoms with Gasteiger partial charge in [-0.1, -0.05) is 32.1 Å². The number of fused-ring (bicyclic) bond motifs is 1. The predicted molar refractivity (Wildman–Crippen MR) is 155 cm³/mol. The lowest BCUT2D eigenvalue weighted by atomic mass is 9.76. The monoisotopic (exact) mass is 566 g/mol. The van der Waals surface area contributed by atoms with Crippen LogP contribution in [0, 0.1) is 40.9 Å². The van der Waals surface area contributed by atoms with E-state index in [2.05, 4.69) is 63.8 Å². The summed E-state index contributed by atoms with van der Waals surface area (Å²) in [5, 5.41) is 35.9. The summed E-state index contributed by atoms with van der Waals surface area (Å²) in [7, 11) is 0. The van der Waals surface area contributed by atoms with E-state index in [4.69, 9.17) is 5.73 Å². The first kappa shape index (κ1) is 28.4. The first-order chi connectivity index (χ1) is 20.0. The molecule has 0 bridgehead atoms. The van der Waals surface area contributed by atoms with Gasteiger partial charge in [-0.05, 0) is 49.8 Å². The zero-order valence-corrected chi connectivity index (χ0v) is 23.9. The second-order valence-electron chi connectivity index (χ2n) is 11.8. The van der Waals surface area contributed by atoms with E-state index >= 15 is 0 Å². The average molecular weight is 567 g/mol. The number of nitrogens with zero attached hydrogens (tertiary/aromatic N) is 7. The molecule has 0 aliphatic heterocycles. The van der Waals surface area contributed by atoms with E-state index in [-0.39, 0.29) is 5.41 Å². The number of carbonyl (C=O) groups excluding carboxylic acids is 1. The van der Waals surface area contributed by atoms with Crippen molar-refractivity contribution in [2.75, 3.05) is 17.2 Å². The van der Waals surface area contributed by atoms with Crippen LogP contribution in [0.15, 0.2) is 36.7 Å². The molecular weight excluding hydrogens is 535 g/mol. The Morgan fingerprint density at radius 1 is 1.21 bits per heavy atom. The van der Waals surface area contributed by atoms with Crippen LogP contribution in [0.1, 0.15) is 74.2 Å². The van der Waals surface area contributed by atoms with Crippen molar-refractivity contribution in [1.29, 1.82) is 10.5 Å². The van der Waals surface area contributed by atoms with Crippen molar-refractivity contribution in [3.8, 4) is 12.1 Å². The van der Waals surface area contributed by atoms with Crippen LogP contribution in [0.25, 0.3) is 10.9 Å². The highest BCUT2D eigenvalue weighted by molar-refractivity contribution is 5.99. The quantitative estimate of drug-likeness (QED) is 0.261. The number of aryl methyl sites for hydroxylation is 1. The SMILES string of the molecule is Cc1nc(F)ccc1C(Nc1cc(C#N)c2ncc(C#N)c(NCC(C)(C)C)c2c1)c1cn(C2(C(N)=O)CCC2)nn1. The minimum absolute atomic E-state index is 0.0804. The molecule has 1 aromatic carbocycles. The average Bonchev–Trinajstić information content (AvgIpc) is 3.38. The number of nitrogens with two attached hydrogens (primary N) is 1. The van der Waals surface area contributed by atoms with Crippen LogP contribution >= 0.6 is 0 Å². The number of anilines is 2. The summed E-state index contributed by atoms with van der Waals surface area (Å²) in [5.74, 6) is -1.10. The number of pyridine rings is 2. The fourth-order valence-electron chi connectivity index (χ4n) is 5.14. The third-order valence-corrected chi connectivity index (χ3v) is 7.61. The number of hydrogen-bond donors (Lipinski definition) is 3. The van der Waals surface area contributed by atoms with Crippen molar-refractivity contribution in [1.82, 2.24) is 25.0 Å². The molecule has 1 amide bonds. The molecule has 4 N–H and O–H groups in total. The van der Waals surface area contributed by atoms with E-state index in [0.29, 0.717) is 69.7 Å². The third-order valence-electron chi connectivity index (χ3n) is 7.61. The molecule has 1 atom stereocenters. The zero-order chi connectivity index (χ0) is 30.2. The number of carbonyl (C=O) groups is 1. The number of halogens is 1. The molecule has 3 aromatic heterocycles. The second kappa shape index (κ2) is 10.7. The Balaban J connectivity index is 1.64. The van der Waals surface area contributed by atoms with E-state index in [1.807, 2.05) is 6.07 Å². The van der Waals surface area contributed by atoms with Gasteiger partial charge in [0.05, 0.1) is 34.6 Å². The number of benzene rings is 1. The van der Waals surface area contributed by atoms with Crippen molar-refractivity contribution < 1.29 is 9.18 Å². The molecule has 0 radical (unpaired) electrons. The van der Waals surface area contributed by atoms with Crippen molar-refractivity contribution in [2.45, 2.75) is 58.5 Å². The Kier molecular flexibility index (Phi) is 7.25. The lowest BCUT2D eigenvalue weighted by molar-refractivity contribution is -0.131. The standard InChI is InChI=1S/C30H31FN10O/c1-17-21(6-7-24(31)37-17)27(23-15-41(40-39-23)30(28(34)42)8-5-9-30)38-20-10-18(12-32)25-22(11-20)26(19(13-33)14-35-25)36-16-29(2,3)4/h6-7,10-11,14-15,27,38H,5,8-9,16H2,1-4H3,(H2,34,42)(H,35,36). The molecule has 42 heavy (non-hydrogen) atoms. The van der Waals surface area contributed by atoms with Crippen LogP contribution in [0.2, 0.25) is 0 Å². The zero-order valence-electron chi connectivity index (χ0n) is 23.9.